The third-order valence-corrected chi connectivity index (χ3v) is 0. The third kappa shape index (κ3) is 17.7. The van der Waals surface area contributed by atoms with E-state index in [1.807, 2.05) is 0 Å². The molecule has 0 saturated carbocycles. The molecule has 0 aliphatic rings. The summed E-state index contributed by atoms with van der Waals surface area (Å²) in [5, 5.41) is 0. The quantitative estimate of drug-likeness (QED) is 0.355. The zero-order valence-corrected chi connectivity index (χ0v) is 7.11. The summed E-state index contributed by atoms with van der Waals surface area (Å²) in [4.78, 5) is 0. The third-order valence-electron chi connectivity index (χ3n) is 0. The average Bonchev–Trinajstić information content (AvgIpc) is 0. The van der Waals surface area contributed by atoms with Gasteiger partial charge in [-0.15, -0.1) is 0 Å². The van der Waals surface area contributed by atoms with E-state index < -0.39 is 0 Å². The van der Waals surface area contributed by atoms with Crippen molar-refractivity contribution in [2.45, 2.75) is 0 Å². The van der Waals surface area contributed by atoms with Crippen molar-refractivity contribution in [1.29, 1.82) is 0 Å². The molecule has 0 fully saturated rings. The molecule has 0 saturated heterocycles. The molecule has 2 radical (unpaired) electrons. The Balaban J connectivity index is 0. The molecule has 0 aromatic heterocycles. The molecule has 0 nitrogen and oxygen atoms in total. The van der Waals surface area contributed by atoms with Crippen molar-refractivity contribution in [1.82, 2.24) is 0 Å². The van der Waals surface area contributed by atoms with Crippen molar-refractivity contribution < 1.29 is 75.1 Å². The van der Waals surface area contributed by atoms with Gasteiger partial charge in [-0.05, 0) is 0 Å². The van der Waals surface area contributed by atoms with Crippen LogP contribution >= 0.6 is 0 Å². The first-order valence-corrected chi connectivity index (χ1v) is 0. The number of hydrogen-bond donors (Lipinski definition) is 0. The molecule has 0 amide bonds. The molecule has 28 valence electrons. The van der Waals surface area contributed by atoms with Crippen molar-refractivity contribution in [3.63, 3.8) is 0 Å². The minimum atomic E-state index is 0. The van der Waals surface area contributed by atoms with Crippen molar-refractivity contribution >= 4 is 94.4 Å². The van der Waals surface area contributed by atoms with E-state index in [0.29, 0.717) is 0 Å². The molecule has 0 bridgehead atoms. The molecule has 0 heterocycles. The van der Waals surface area contributed by atoms with Crippen LogP contribution in [-0.4, -0.2) is 94.4 Å². The summed E-state index contributed by atoms with van der Waals surface area (Å²) in [5.41, 5.74) is 0. The van der Waals surface area contributed by atoms with E-state index in [-0.39, 0.29) is 170 Å². The van der Waals surface area contributed by atoms with Gasteiger partial charge in [0.1, 0.15) is 0 Å². The van der Waals surface area contributed by atoms with Gasteiger partial charge in [0.05, 0.1) is 0 Å². The van der Waals surface area contributed by atoms with Gasteiger partial charge in [0.15, 0.2) is 0 Å². The van der Waals surface area contributed by atoms with E-state index in [9.17, 15) is 0 Å². The molecule has 0 spiro atoms. The Kier molecular flexibility index (Phi) is 143. The van der Waals surface area contributed by atoms with Gasteiger partial charge >= 0.3 is 94.4 Å². The summed E-state index contributed by atoms with van der Waals surface area (Å²) in [6, 6.07) is 0. The zero-order chi connectivity index (χ0) is 0. The van der Waals surface area contributed by atoms with Gasteiger partial charge in [0, 0.05) is 75.1 Å². The molecule has 0 aromatic rings. The summed E-state index contributed by atoms with van der Waals surface area (Å²) in [7, 11) is 0. The minimum absolute atomic E-state index is 0. The second-order valence-corrected chi connectivity index (χ2v) is 0. The maximum absolute atomic E-state index is 0. The summed E-state index contributed by atoms with van der Waals surface area (Å²) in [5.74, 6) is 0. The van der Waals surface area contributed by atoms with Crippen molar-refractivity contribution in [3.05, 3.63) is 0 Å². The van der Waals surface area contributed by atoms with Gasteiger partial charge in [-0.1, -0.05) is 0 Å². The van der Waals surface area contributed by atoms with Gasteiger partial charge in [0.2, 0.25) is 0 Å². The summed E-state index contributed by atoms with van der Waals surface area (Å²) >= 11 is 0. The molecule has 0 N–H and O–H groups in total. The predicted molar refractivity (Wildman–Crippen MR) is 17.1 cm³/mol. The van der Waals surface area contributed by atoms with E-state index in [4.69, 9.17) is 0 Å². The molecule has 0 unspecified atom stereocenters. The molecule has 5 heteroatoms. The van der Waals surface area contributed by atoms with E-state index in [2.05, 4.69) is 0 Å². The maximum atomic E-state index is 0. The Morgan fingerprint density at radius 3 is 1.00 bits per heavy atom. The van der Waals surface area contributed by atoms with Crippen LogP contribution in [0.2, 0.25) is 0 Å². The fraction of sp³-hybridized carbons (Fsp3) is 0. The van der Waals surface area contributed by atoms with Gasteiger partial charge in [-0.3, -0.25) is 0 Å². The van der Waals surface area contributed by atoms with Crippen LogP contribution in [0.3, 0.4) is 0 Å². The standard InChI is InChI=1S/Ba.Co.Fe.Pr.Sr.4H. The van der Waals surface area contributed by atoms with Crippen LogP contribution in [0.15, 0.2) is 0 Å². The molecule has 5 heavy (non-hydrogen) atoms. The van der Waals surface area contributed by atoms with Crippen LogP contribution in [0.1, 0.15) is 0 Å². The number of rotatable bonds is 0. The molecule has 0 aliphatic carbocycles. The summed E-state index contributed by atoms with van der Waals surface area (Å²) in [6.45, 7) is 0. The van der Waals surface area contributed by atoms with Gasteiger partial charge in [-0.2, -0.15) is 0 Å². The van der Waals surface area contributed by atoms with Gasteiger partial charge in [-0.25, -0.2) is 0 Å². The van der Waals surface area contributed by atoms with Gasteiger partial charge < -0.3 is 0 Å². The molecular weight excluding hydrogens is 481 g/mol. The fourth-order valence-corrected chi connectivity index (χ4v) is 0. The first-order valence-electron chi connectivity index (χ1n) is 0. The normalized spacial score (nSPS) is 0. The Hall–Kier alpha value is 5.44. The first kappa shape index (κ1) is 31.4. The van der Waals surface area contributed by atoms with Crippen LogP contribution in [0, 0.1) is 41.3 Å². The van der Waals surface area contributed by atoms with Crippen LogP contribution in [0.4, 0.5) is 0 Å². The van der Waals surface area contributed by atoms with Crippen molar-refractivity contribution in [3.8, 4) is 0 Å². The molecule has 0 atom stereocenters. The Morgan fingerprint density at radius 1 is 1.00 bits per heavy atom. The van der Waals surface area contributed by atoms with Gasteiger partial charge in [0.25, 0.3) is 0 Å². The topological polar surface area (TPSA) is 0 Å². The van der Waals surface area contributed by atoms with E-state index in [0.717, 1.165) is 0 Å². The molecule has 0 rings (SSSR count). The SMILES string of the molecule is [BaH2].[Co].[Fe].[Pr].[SrH2]. The summed E-state index contributed by atoms with van der Waals surface area (Å²) < 4.78 is 0. The zero-order valence-electron chi connectivity index (χ0n) is 1.26. The van der Waals surface area contributed by atoms with Crippen LogP contribution in [0.5, 0.6) is 0 Å². The van der Waals surface area contributed by atoms with Crippen LogP contribution in [-0.2, 0) is 33.8 Å². The summed E-state index contributed by atoms with van der Waals surface area (Å²) in [6.07, 6.45) is 0. The van der Waals surface area contributed by atoms with Crippen molar-refractivity contribution in [2.24, 2.45) is 0 Å². The molecular formula is H4BaCoFePrSr. The van der Waals surface area contributed by atoms with Crippen molar-refractivity contribution in [2.75, 3.05) is 0 Å². The Labute approximate surface area is 164 Å². The van der Waals surface area contributed by atoms with Crippen LogP contribution < -0.4 is 0 Å². The number of hydrogen-bond acceptors (Lipinski definition) is 0. The predicted octanol–water partition coefficient (Wildman–Crippen LogP) is -1.84. The second-order valence-electron chi connectivity index (χ2n) is 0. The van der Waals surface area contributed by atoms with Crippen LogP contribution in [0.25, 0.3) is 0 Å². The monoisotopic (exact) mass is 486 g/mol. The van der Waals surface area contributed by atoms with E-state index in [1.165, 1.54) is 0 Å². The average molecular weight is 485 g/mol. The molecule has 0 aromatic carbocycles. The Morgan fingerprint density at radius 2 is 1.00 bits per heavy atom. The Bertz CT molecular complexity index is 11.6. The fourth-order valence-electron chi connectivity index (χ4n) is 0. The van der Waals surface area contributed by atoms with E-state index >= 15 is 0 Å². The second kappa shape index (κ2) is 22.7. The molecule has 0 aliphatic heterocycles. The van der Waals surface area contributed by atoms with E-state index in [1.54, 1.807) is 0 Å². The first-order chi connectivity index (χ1) is 0.